The molecule has 0 aliphatic carbocycles. The van der Waals surface area contributed by atoms with Crippen LogP contribution in [0.4, 0.5) is 4.79 Å². The van der Waals surface area contributed by atoms with Crippen LogP contribution in [-0.4, -0.2) is 64.3 Å². The molecule has 0 spiro atoms. The third-order valence-corrected chi connectivity index (χ3v) is 5.45. The van der Waals surface area contributed by atoms with Crippen molar-refractivity contribution in [2.75, 3.05) is 19.1 Å². The summed E-state index contributed by atoms with van der Waals surface area (Å²) in [6, 6.07) is 6.11. The van der Waals surface area contributed by atoms with Crippen molar-refractivity contribution in [1.82, 2.24) is 20.2 Å². The van der Waals surface area contributed by atoms with Gasteiger partial charge >= 0.3 is 12.1 Å². The van der Waals surface area contributed by atoms with E-state index in [1.807, 2.05) is 42.0 Å². The molecule has 1 heterocycles. The Hall–Kier alpha value is -3.01. The zero-order valence-electron chi connectivity index (χ0n) is 20.6. The van der Waals surface area contributed by atoms with Crippen LogP contribution in [0.2, 0.25) is 0 Å². The number of aryl methyl sites for hydroxylation is 1. The quantitative estimate of drug-likeness (QED) is 0.493. The minimum atomic E-state index is -1.00. The monoisotopic (exact) mass is 490 g/mol. The van der Waals surface area contributed by atoms with Gasteiger partial charge in [0.1, 0.15) is 17.7 Å². The standard InChI is InChI=1S/C24H34N4O5S/c1-16-7-9-18(10-8-16)28-14-17(25-15-28)13-20(27-23(31)33-24(2,3)4)21(29)26-19(11-12-34-6)22(30)32-5/h7-10,14-15,19-20H,11-13H2,1-6H3,(H,26,29)(H,27,31)/t19-,20-/m0/s1. The Morgan fingerprint density at radius 2 is 1.79 bits per heavy atom. The zero-order valence-corrected chi connectivity index (χ0v) is 21.4. The maximum atomic E-state index is 13.1. The van der Waals surface area contributed by atoms with Gasteiger partial charge in [0.2, 0.25) is 5.91 Å². The minimum absolute atomic E-state index is 0.111. The van der Waals surface area contributed by atoms with Crippen LogP contribution in [0, 0.1) is 6.92 Å². The maximum Gasteiger partial charge on any atom is 0.408 e. The van der Waals surface area contributed by atoms with Crippen LogP contribution in [0.1, 0.15) is 38.4 Å². The van der Waals surface area contributed by atoms with Crippen molar-refractivity contribution in [1.29, 1.82) is 0 Å². The Kier molecular flexibility index (Phi) is 9.97. The Labute approximate surface area is 205 Å². The first-order valence-corrected chi connectivity index (χ1v) is 12.4. The number of nitrogens with one attached hydrogen (secondary N) is 2. The van der Waals surface area contributed by atoms with Gasteiger partial charge in [-0.3, -0.25) is 4.79 Å². The van der Waals surface area contributed by atoms with E-state index in [0.717, 1.165) is 11.3 Å². The van der Waals surface area contributed by atoms with Crippen LogP contribution in [0.3, 0.4) is 0 Å². The fraction of sp³-hybridized carbons (Fsp3) is 0.500. The lowest BCUT2D eigenvalue weighted by atomic mass is 10.1. The Balaban J connectivity index is 2.21. The number of methoxy groups -OCH3 is 1. The predicted molar refractivity (Wildman–Crippen MR) is 132 cm³/mol. The van der Waals surface area contributed by atoms with Gasteiger partial charge in [0.05, 0.1) is 19.1 Å². The SMILES string of the molecule is COC(=O)[C@H](CCSC)NC(=O)[C@H](Cc1cn(-c2ccc(C)cc2)cn1)NC(=O)OC(C)(C)C. The van der Waals surface area contributed by atoms with Gasteiger partial charge in [-0.2, -0.15) is 11.8 Å². The highest BCUT2D eigenvalue weighted by molar-refractivity contribution is 7.98. The van der Waals surface area contributed by atoms with Crippen molar-refractivity contribution in [3.8, 4) is 5.69 Å². The van der Waals surface area contributed by atoms with Gasteiger partial charge in [0.15, 0.2) is 0 Å². The van der Waals surface area contributed by atoms with E-state index < -0.39 is 35.7 Å². The second kappa shape index (κ2) is 12.5. The highest BCUT2D eigenvalue weighted by atomic mass is 32.2. The molecule has 186 valence electrons. The number of carbonyl (C=O) groups excluding carboxylic acids is 3. The average molecular weight is 491 g/mol. The van der Waals surface area contributed by atoms with E-state index in [-0.39, 0.29) is 6.42 Å². The number of imidazole rings is 1. The van der Waals surface area contributed by atoms with Crippen molar-refractivity contribution in [2.45, 2.75) is 58.2 Å². The molecule has 0 saturated carbocycles. The predicted octanol–water partition coefficient (Wildman–Crippen LogP) is 3.03. The molecule has 0 unspecified atom stereocenters. The van der Waals surface area contributed by atoms with E-state index >= 15 is 0 Å². The van der Waals surface area contributed by atoms with Gasteiger partial charge < -0.3 is 24.7 Å². The molecule has 0 radical (unpaired) electrons. The fourth-order valence-electron chi connectivity index (χ4n) is 3.09. The van der Waals surface area contributed by atoms with Crippen LogP contribution in [0.5, 0.6) is 0 Å². The summed E-state index contributed by atoms with van der Waals surface area (Å²) in [6.45, 7) is 7.22. The number of nitrogens with zero attached hydrogens (tertiary/aromatic N) is 2. The molecule has 9 nitrogen and oxygen atoms in total. The molecular formula is C24H34N4O5S. The summed E-state index contributed by atoms with van der Waals surface area (Å²) >= 11 is 1.55. The highest BCUT2D eigenvalue weighted by Crippen LogP contribution is 2.13. The number of carbonyl (C=O) groups is 3. The van der Waals surface area contributed by atoms with Crippen molar-refractivity contribution in [2.24, 2.45) is 0 Å². The Morgan fingerprint density at radius 3 is 2.38 bits per heavy atom. The molecule has 2 aromatic rings. The molecule has 0 aliphatic rings. The van der Waals surface area contributed by atoms with Crippen molar-refractivity contribution in [3.05, 3.63) is 48.0 Å². The first kappa shape index (κ1) is 27.2. The first-order valence-electron chi connectivity index (χ1n) is 11.0. The lowest BCUT2D eigenvalue weighted by Crippen LogP contribution is -2.53. The van der Waals surface area contributed by atoms with Crippen molar-refractivity contribution in [3.63, 3.8) is 0 Å². The number of alkyl carbamates (subject to hydrolysis) is 1. The minimum Gasteiger partial charge on any atom is -0.467 e. The molecular weight excluding hydrogens is 456 g/mol. The Morgan fingerprint density at radius 1 is 1.12 bits per heavy atom. The molecule has 0 fully saturated rings. The number of aromatic nitrogens is 2. The van der Waals surface area contributed by atoms with Gasteiger partial charge in [0.25, 0.3) is 0 Å². The van der Waals surface area contributed by atoms with Crippen molar-refractivity contribution < 1.29 is 23.9 Å². The van der Waals surface area contributed by atoms with Crippen LogP contribution in [0.25, 0.3) is 5.69 Å². The van der Waals surface area contributed by atoms with Gasteiger partial charge in [-0.05, 0) is 58.3 Å². The van der Waals surface area contributed by atoms with Gasteiger partial charge in [-0.15, -0.1) is 0 Å². The second-order valence-electron chi connectivity index (χ2n) is 8.88. The molecule has 2 atom stereocenters. The molecule has 10 heteroatoms. The molecule has 2 rings (SSSR count). The summed E-state index contributed by atoms with van der Waals surface area (Å²) in [7, 11) is 1.27. The smallest absolute Gasteiger partial charge is 0.408 e. The van der Waals surface area contributed by atoms with Crippen LogP contribution >= 0.6 is 11.8 Å². The summed E-state index contributed by atoms with van der Waals surface area (Å²) < 4.78 is 12.0. The number of thioether (sulfide) groups is 1. The van der Waals surface area contributed by atoms with Gasteiger partial charge in [0, 0.05) is 18.3 Å². The van der Waals surface area contributed by atoms with Gasteiger partial charge in [-0.25, -0.2) is 14.6 Å². The van der Waals surface area contributed by atoms with E-state index in [2.05, 4.69) is 15.6 Å². The van der Waals surface area contributed by atoms with E-state index in [9.17, 15) is 14.4 Å². The summed E-state index contributed by atoms with van der Waals surface area (Å²) in [6.07, 6.45) is 5.14. The lowest BCUT2D eigenvalue weighted by Gasteiger charge is -2.24. The third-order valence-electron chi connectivity index (χ3n) is 4.80. The number of hydrogen-bond donors (Lipinski definition) is 2. The number of esters is 1. The van der Waals surface area contributed by atoms with E-state index in [1.54, 1.807) is 45.1 Å². The summed E-state index contributed by atoms with van der Waals surface area (Å²) in [5.41, 5.74) is 1.93. The average Bonchev–Trinajstić information content (AvgIpc) is 3.23. The van der Waals surface area contributed by atoms with Crippen molar-refractivity contribution >= 4 is 29.7 Å². The maximum absolute atomic E-state index is 13.1. The number of ether oxygens (including phenoxy) is 2. The third kappa shape index (κ3) is 8.74. The highest BCUT2D eigenvalue weighted by Gasteiger charge is 2.29. The molecule has 34 heavy (non-hydrogen) atoms. The zero-order chi connectivity index (χ0) is 25.3. The molecule has 0 aliphatic heterocycles. The van der Waals surface area contributed by atoms with E-state index in [1.165, 1.54) is 7.11 Å². The number of rotatable bonds is 10. The van der Waals surface area contributed by atoms with E-state index in [0.29, 0.717) is 17.9 Å². The molecule has 1 aromatic heterocycles. The molecule has 1 aromatic carbocycles. The number of benzene rings is 1. The summed E-state index contributed by atoms with van der Waals surface area (Å²) in [5.74, 6) is -0.403. The topological polar surface area (TPSA) is 112 Å². The van der Waals surface area contributed by atoms with E-state index in [4.69, 9.17) is 9.47 Å². The Bertz CT molecular complexity index is 968. The van der Waals surface area contributed by atoms with Crippen LogP contribution in [-0.2, 0) is 25.5 Å². The first-order chi connectivity index (χ1) is 16.0. The summed E-state index contributed by atoms with van der Waals surface area (Å²) in [5, 5.41) is 5.32. The molecule has 2 N–H and O–H groups in total. The summed E-state index contributed by atoms with van der Waals surface area (Å²) in [4.78, 5) is 42.1. The second-order valence-corrected chi connectivity index (χ2v) is 9.86. The fourth-order valence-corrected chi connectivity index (χ4v) is 3.57. The van der Waals surface area contributed by atoms with Gasteiger partial charge in [-0.1, -0.05) is 17.7 Å². The van der Waals surface area contributed by atoms with Crippen LogP contribution < -0.4 is 10.6 Å². The largest absolute Gasteiger partial charge is 0.467 e. The number of amides is 2. The lowest BCUT2D eigenvalue weighted by molar-refractivity contribution is -0.145. The number of hydrogen-bond acceptors (Lipinski definition) is 7. The molecule has 0 bridgehead atoms. The normalized spacial score (nSPS) is 13.0. The molecule has 2 amide bonds. The molecule has 0 saturated heterocycles. The van der Waals surface area contributed by atoms with Crippen LogP contribution in [0.15, 0.2) is 36.8 Å².